The normalized spacial score (nSPS) is 10.4. The average Bonchev–Trinajstić information content (AvgIpc) is 2.27. The zero-order chi connectivity index (χ0) is 9.97. The first kappa shape index (κ1) is 9.22. The minimum Gasteiger partial charge on any atom is -0.256 e. The van der Waals surface area contributed by atoms with Crippen LogP contribution in [0.3, 0.4) is 0 Å². The summed E-state index contributed by atoms with van der Waals surface area (Å²) in [6.45, 7) is 3.89. The van der Waals surface area contributed by atoms with E-state index in [9.17, 15) is 0 Å². The van der Waals surface area contributed by atoms with Gasteiger partial charge in [-0.15, -0.1) is 11.6 Å². The van der Waals surface area contributed by atoms with E-state index in [0.717, 1.165) is 22.0 Å². The molecular weight excluding hydrogens is 194 g/mol. The molecule has 0 fully saturated rings. The number of halogens is 1. The summed E-state index contributed by atoms with van der Waals surface area (Å²) in [7, 11) is 0. The van der Waals surface area contributed by atoms with Gasteiger partial charge in [0.1, 0.15) is 0 Å². The number of hydrogen-bond acceptors (Lipinski definition) is 1. The number of benzene rings is 1. The fraction of sp³-hybridized carbons (Fsp3) is 0.0833. The summed E-state index contributed by atoms with van der Waals surface area (Å²) in [5.74, 6) is 0.457. The van der Waals surface area contributed by atoms with Crippen molar-refractivity contribution in [2.24, 2.45) is 0 Å². The average molecular weight is 204 g/mol. The SMILES string of the molecule is C=C(CCl)c1ccc2cccnc2c1. The summed E-state index contributed by atoms with van der Waals surface area (Å²) < 4.78 is 0. The Hall–Kier alpha value is -1.34. The van der Waals surface area contributed by atoms with Gasteiger partial charge in [-0.3, -0.25) is 4.98 Å². The molecule has 0 amide bonds. The van der Waals surface area contributed by atoms with Crippen LogP contribution < -0.4 is 0 Å². The lowest BCUT2D eigenvalue weighted by molar-refractivity contribution is 1.41. The molecule has 1 aromatic carbocycles. The lowest BCUT2D eigenvalue weighted by Crippen LogP contribution is -1.85. The maximum absolute atomic E-state index is 5.72. The molecule has 0 bridgehead atoms. The number of fused-ring (bicyclic) bond motifs is 1. The van der Waals surface area contributed by atoms with Crippen LogP contribution in [0.2, 0.25) is 0 Å². The summed E-state index contributed by atoms with van der Waals surface area (Å²) in [4.78, 5) is 4.27. The molecule has 0 saturated heterocycles. The van der Waals surface area contributed by atoms with Gasteiger partial charge in [-0.25, -0.2) is 0 Å². The Morgan fingerprint density at radius 2 is 2.21 bits per heavy atom. The minimum absolute atomic E-state index is 0.457. The zero-order valence-corrected chi connectivity index (χ0v) is 8.46. The van der Waals surface area contributed by atoms with E-state index in [1.807, 2.05) is 30.3 Å². The van der Waals surface area contributed by atoms with E-state index in [4.69, 9.17) is 11.6 Å². The fourth-order valence-electron chi connectivity index (χ4n) is 1.36. The van der Waals surface area contributed by atoms with Crippen LogP contribution in [0.1, 0.15) is 5.56 Å². The Kier molecular flexibility index (Phi) is 2.51. The van der Waals surface area contributed by atoms with Crippen molar-refractivity contribution in [1.82, 2.24) is 4.98 Å². The van der Waals surface area contributed by atoms with Gasteiger partial charge in [-0.05, 0) is 23.3 Å². The molecule has 0 aliphatic heterocycles. The molecule has 1 nitrogen and oxygen atoms in total. The van der Waals surface area contributed by atoms with Crippen molar-refractivity contribution in [3.63, 3.8) is 0 Å². The molecule has 0 atom stereocenters. The first-order valence-corrected chi connectivity index (χ1v) is 4.93. The van der Waals surface area contributed by atoms with Gasteiger partial charge < -0.3 is 0 Å². The Morgan fingerprint density at radius 1 is 1.36 bits per heavy atom. The third-order valence-electron chi connectivity index (χ3n) is 2.18. The molecule has 0 unspecified atom stereocenters. The molecule has 1 aromatic heterocycles. The van der Waals surface area contributed by atoms with Crippen LogP contribution >= 0.6 is 11.6 Å². The Morgan fingerprint density at radius 3 is 3.00 bits per heavy atom. The summed E-state index contributed by atoms with van der Waals surface area (Å²) in [5.41, 5.74) is 2.97. The highest BCUT2D eigenvalue weighted by Gasteiger charge is 1.99. The second-order valence-corrected chi connectivity index (χ2v) is 3.42. The second kappa shape index (κ2) is 3.81. The van der Waals surface area contributed by atoms with Gasteiger partial charge >= 0.3 is 0 Å². The molecule has 14 heavy (non-hydrogen) atoms. The number of hydrogen-bond donors (Lipinski definition) is 0. The van der Waals surface area contributed by atoms with Gasteiger partial charge in [-0.1, -0.05) is 24.8 Å². The van der Waals surface area contributed by atoms with Crippen LogP contribution in [0.25, 0.3) is 16.5 Å². The standard InChI is InChI=1S/C12H10ClN/c1-9(8-13)11-5-4-10-3-2-6-14-12(10)7-11/h2-7H,1,8H2. The van der Waals surface area contributed by atoms with E-state index < -0.39 is 0 Å². The maximum Gasteiger partial charge on any atom is 0.0708 e. The molecule has 0 aliphatic carbocycles. The molecule has 0 saturated carbocycles. The van der Waals surface area contributed by atoms with Gasteiger partial charge in [-0.2, -0.15) is 0 Å². The van der Waals surface area contributed by atoms with E-state index in [0.29, 0.717) is 5.88 Å². The van der Waals surface area contributed by atoms with E-state index in [1.54, 1.807) is 6.20 Å². The first-order chi connectivity index (χ1) is 6.81. The minimum atomic E-state index is 0.457. The lowest BCUT2D eigenvalue weighted by Gasteiger charge is -2.03. The van der Waals surface area contributed by atoms with Gasteiger partial charge in [0.05, 0.1) is 5.52 Å². The fourth-order valence-corrected chi connectivity index (χ4v) is 1.52. The summed E-state index contributed by atoms with van der Waals surface area (Å²) in [6.07, 6.45) is 1.79. The van der Waals surface area contributed by atoms with Crippen molar-refractivity contribution < 1.29 is 0 Å². The van der Waals surface area contributed by atoms with E-state index in [-0.39, 0.29) is 0 Å². The molecule has 2 rings (SSSR count). The van der Waals surface area contributed by atoms with Crippen molar-refractivity contribution in [2.45, 2.75) is 0 Å². The number of nitrogens with zero attached hydrogens (tertiary/aromatic N) is 1. The Bertz CT molecular complexity index is 476. The largest absolute Gasteiger partial charge is 0.256 e. The van der Waals surface area contributed by atoms with Crippen LogP contribution in [-0.4, -0.2) is 10.9 Å². The monoisotopic (exact) mass is 203 g/mol. The van der Waals surface area contributed by atoms with E-state index in [1.165, 1.54) is 0 Å². The van der Waals surface area contributed by atoms with Gasteiger partial charge in [0, 0.05) is 17.5 Å². The topological polar surface area (TPSA) is 12.9 Å². The van der Waals surface area contributed by atoms with E-state index in [2.05, 4.69) is 11.6 Å². The smallest absolute Gasteiger partial charge is 0.0708 e. The number of allylic oxidation sites excluding steroid dienone is 1. The summed E-state index contributed by atoms with van der Waals surface area (Å²) in [6, 6.07) is 10.0. The van der Waals surface area contributed by atoms with Crippen LogP contribution in [0.15, 0.2) is 43.1 Å². The zero-order valence-electron chi connectivity index (χ0n) is 7.70. The molecule has 1 heterocycles. The molecule has 0 aliphatic rings. The third kappa shape index (κ3) is 1.64. The van der Waals surface area contributed by atoms with Crippen molar-refractivity contribution in [3.8, 4) is 0 Å². The first-order valence-electron chi connectivity index (χ1n) is 4.40. The van der Waals surface area contributed by atoms with Crippen molar-refractivity contribution in [1.29, 1.82) is 0 Å². The highest BCUT2D eigenvalue weighted by Crippen LogP contribution is 2.19. The van der Waals surface area contributed by atoms with Crippen molar-refractivity contribution in [2.75, 3.05) is 5.88 Å². The lowest BCUT2D eigenvalue weighted by atomic mass is 10.1. The predicted octanol–water partition coefficient (Wildman–Crippen LogP) is 3.49. The van der Waals surface area contributed by atoms with Crippen LogP contribution in [0, 0.1) is 0 Å². The predicted molar refractivity (Wildman–Crippen MR) is 61.5 cm³/mol. The highest BCUT2D eigenvalue weighted by molar-refractivity contribution is 6.23. The van der Waals surface area contributed by atoms with Gasteiger partial charge in [0.2, 0.25) is 0 Å². The maximum atomic E-state index is 5.72. The van der Waals surface area contributed by atoms with Gasteiger partial charge in [0.15, 0.2) is 0 Å². The quantitative estimate of drug-likeness (QED) is 0.681. The molecular formula is C12H10ClN. The summed E-state index contributed by atoms with van der Waals surface area (Å²) >= 11 is 5.72. The van der Waals surface area contributed by atoms with Crippen LogP contribution in [0.4, 0.5) is 0 Å². The number of rotatable bonds is 2. The molecule has 0 radical (unpaired) electrons. The van der Waals surface area contributed by atoms with Crippen molar-refractivity contribution >= 4 is 28.1 Å². The van der Waals surface area contributed by atoms with Crippen LogP contribution in [0.5, 0.6) is 0 Å². The molecule has 2 aromatic rings. The molecule has 2 heteroatoms. The Labute approximate surface area is 88.0 Å². The van der Waals surface area contributed by atoms with Gasteiger partial charge in [0.25, 0.3) is 0 Å². The van der Waals surface area contributed by atoms with Crippen LogP contribution in [-0.2, 0) is 0 Å². The van der Waals surface area contributed by atoms with Crippen molar-refractivity contribution in [3.05, 3.63) is 48.7 Å². The third-order valence-corrected chi connectivity index (χ3v) is 2.50. The second-order valence-electron chi connectivity index (χ2n) is 3.15. The van der Waals surface area contributed by atoms with E-state index >= 15 is 0 Å². The number of aromatic nitrogens is 1. The highest BCUT2D eigenvalue weighted by atomic mass is 35.5. The number of alkyl halides is 1. The number of pyridine rings is 1. The molecule has 70 valence electrons. The molecule has 0 N–H and O–H groups in total. The Balaban J connectivity index is 2.56. The molecule has 0 spiro atoms. The summed E-state index contributed by atoms with van der Waals surface area (Å²) in [5, 5.41) is 1.14.